The number of unbranched alkanes of at least 4 members (excludes halogenated alkanes) is 2. The lowest BCUT2D eigenvalue weighted by Gasteiger charge is -2.17. The maximum atomic E-state index is 13.2. The number of carbonyl (C=O) groups excluding carboxylic acids is 2. The Bertz CT molecular complexity index is 1640. The standard InChI is InChI=1S/C30H36N10O2/c1-20-24(21(2)40-30(36-20)33-19-35-40)14-15-28(42)37-25(8-5-4-6-9-27(41)31-3)29-32-18-26(38-29)22-10-12-23(13-11-22)39-17-7-16-34-39/h7,10-13,16-19,25H,4-6,8-9,14-15H2,1-3H3,(H,31,41)(H,32,38)(H,37,42). The number of aromatic amines is 1. The molecule has 12 nitrogen and oxygen atoms in total. The van der Waals surface area contributed by atoms with Crippen molar-refractivity contribution >= 4 is 17.6 Å². The van der Waals surface area contributed by atoms with Crippen molar-refractivity contribution in [1.82, 2.24) is 50.0 Å². The van der Waals surface area contributed by atoms with E-state index in [9.17, 15) is 9.59 Å². The first-order chi connectivity index (χ1) is 20.4. The SMILES string of the molecule is CNC(=O)CCCCCC(NC(=O)CCc1c(C)nc2ncnn2c1C)c1ncc(-c2ccc(-n3cccn3)cc2)[nH]1. The quantitative estimate of drug-likeness (QED) is 0.183. The summed E-state index contributed by atoms with van der Waals surface area (Å²) in [5.41, 5.74) is 5.60. The van der Waals surface area contributed by atoms with Crippen LogP contribution in [-0.4, -0.2) is 58.2 Å². The maximum absolute atomic E-state index is 13.2. The fourth-order valence-corrected chi connectivity index (χ4v) is 5.11. The average Bonchev–Trinajstić information content (AvgIpc) is 3.78. The van der Waals surface area contributed by atoms with Gasteiger partial charge in [0.1, 0.15) is 12.2 Å². The van der Waals surface area contributed by atoms with Crippen LogP contribution in [0.4, 0.5) is 0 Å². The number of hydrogen-bond donors (Lipinski definition) is 3. The number of aryl methyl sites for hydroxylation is 2. The number of imidazole rings is 1. The number of rotatable bonds is 13. The Hall–Kier alpha value is -4.87. The van der Waals surface area contributed by atoms with Crippen molar-refractivity contribution in [2.45, 2.75) is 64.8 Å². The number of aromatic nitrogens is 8. The molecule has 4 aromatic heterocycles. The molecule has 0 aliphatic rings. The summed E-state index contributed by atoms with van der Waals surface area (Å²) in [7, 11) is 1.65. The van der Waals surface area contributed by atoms with Crippen LogP contribution >= 0.6 is 0 Å². The average molecular weight is 569 g/mol. The van der Waals surface area contributed by atoms with Crippen LogP contribution in [0.1, 0.15) is 67.3 Å². The summed E-state index contributed by atoms with van der Waals surface area (Å²) in [6.45, 7) is 3.90. The van der Waals surface area contributed by atoms with Crippen molar-refractivity contribution in [2.24, 2.45) is 0 Å². The number of nitrogens with zero attached hydrogens (tertiary/aromatic N) is 7. The molecule has 5 rings (SSSR count). The van der Waals surface area contributed by atoms with Crippen LogP contribution in [0, 0.1) is 13.8 Å². The predicted octanol–water partition coefficient (Wildman–Crippen LogP) is 3.80. The third kappa shape index (κ3) is 6.70. The molecule has 0 spiro atoms. The van der Waals surface area contributed by atoms with Gasteiger partial charge in [-0.2, -0.15) is 15.2 Å². The smallest absolute Gasteiger partial charge is 0.252 e. The third-order valence-electron chi connectivity index (χ3n) is 7.47. The number of hydrogen-bond acceptors (Lipinski definition) is 7. The van der Waals surface area contributed by atoms with E-state index in [0.29, 0.717) is 37.3 Å². The summed E-state index contributed by atoms with van der Waals surface area (Å²) in [6, 6.07) is 9.65. The van der Waals surface area contributed by atoms with E-state index in [1.165, 1.54) is 6.33 Å². The summed E-state index contributed by atoms with van der Waals surface area (Å²) in [5, 5.41) is 14.4. The van der Waals surface area contributed by atoms with Gasteiger partial charge in [-0.15, -0.1) is 0 Å². The molecular formula is C30H36N10O2. The van der Waals surface area contributed by atoms with Crippen LogP contribution in [0.2, 0.25) is 0 Å². The molecule has 0 radical (unpaired) electrons. The fraction of sp³-hybridized carbons (Fsp3) is 0.367. The molecular weight excluding hydrogens is 532 g/mol. The minimum atomic E-state index is -0.285. The highest BCUT2D eigenvalue weighted by Crippen LogP contribution is 2.24. The first-order valence-corrected chi connectivity index (χ1v) is 14.2. The molecule has 5 aromatic rings. The van der Waals surface area contributed by atoms with Crippen LogP contribution in [0.15, 0.2) is 55.2 Å². The third-order valence-corrected chi connectivity index (χ3v) is 7.47. The van der Waals surface area contributed by atoms with E-state index in [4.69, 9.17) is 0 Å². The molecule has 42 heavy (non-hydrogen) atoms. The summed E-state index contributed by atoms with van der Waals surface area (Å²) in [4.78, 5) is 41.6. The zero-order chi connectivity index (χ0) is 29.5. The molecule has 0 aliphatic heterocycles. The highest BCUT2D eigenvalue weighted by molar-refractivity contribution is 5.77. The van der Waals surface area contributed by atoms with E-state index in [1.54, 1.807) is 28.6 Å². The Morgan fingerprint density at radius 1 is 1.00 bits per heavy atom. The normalized spacial score (nSPS) is 12.0. The molecule has 3 N–H and O–H groups in total. The Morgan fingerprint density at radius 3 is 2.60 bits per heavy atom. The Kier molecular flexibility index (Phi) is 9.00. The lowest BCUT2D eigenvalue weighted by Crippen LogP contribution is -2.29. The number of benzene rings is 1. The summed E-state index contributed by atoms with van der Waals surface area (Å²) in [6.07, 6.45) is 11.5. The monoisotopic (exact) mass is 568 g/mol. The van der Waals surface area contributed by atoms with Crippen LogP contribution in [0.25, 0.3) is 22.7 Å². The second-order valence-electron chi connectivity index (χ2n) is 10.3. The van der Waals surface area contributed by atoms with Crippen LogP contribution in [0.5, 0.6) is 0 Å². The summed E-state index contributed by atoms with van der Waals surface area (Å²) < 4.78 is 3.51. The number of carbonyl (C=O) groups is 2. The molecule has 1 atom stereocenters. The van der Waals surface area contributed by atoms with Gasteiger partial charge in [0.15, 0.2) is 0 Å². The molecule has 0 saturated carbocycles. The Morgan fingerprint density at radius 2 is 1.83 bits per heavy atom. The zero-order valence-corrected chi connectivity index (χ0v) is 24.2. The minimum absolute atomic E-state index is 0.0401. The molecule has 2 amide bonds. The predicted molar refractivity (Wildman–Crippen MR) is 158 cm³/mol. The van der Waals surface area contributed by atoms with E-state index >= 15 is 0 Å². The van der Waals surface area contributed by atoms with Crippen molar-refractivity contribution in [2.75, 3.05) is 7.05 Å². The van der Waals surface area contributed by atoms with Crippen molar-refractivity contribution in [3.8, 4) is 16.9 Å². The van der Waals surface area contributed by atoms with E-state index in [-0.39, 0.29) is 17.9 Å². The lowest BCUT2D eigenvalue weighted by molar-refractivity contribution is -0.122. The first kappa shape index (κ1) is 28.7. The second kappa shape index (κ2) is 13.2. The van der Waals surface area contributed by atoms with E-state index in [0.717, 1.165) is 53.2 Å². The number of nitrogens with one attached hydrogen (secondary N) is 3. The molecule has 4 heterocycles. The lowest BCUT2D eigenvalue weighted by atomic mass is 10.0. The van der Waals surface area contributed by atoms with Gasteiger partial charge in [-0.1, -0.05) is 25.0 Å². The highest BCUT2D eigenvalue weighted by atomic mass is 16.2. The van der Waals surface area contributed by atoms with Crippen LogP contribution < -0.4 is 10.6 Å². The molecule has 1 unspecified atom stereocenters. The van der Waals surface area contributed by atoms with Crippen molar-refractivity contribution in [3.05, 3.63) is 78.0 Å². The molecule has 1 aromatic carbocycles. The van der Waals surface area contributed by atoms with Crippen LogP contribution in [0.3, 0.4) is 0 Å². The molecule has 0 fully saturated rings. The molecule has 12 heteroatoms. The van der Waals surface area contributed by atoms with Crippen LogP contribution in [-0.2, 0) is 16.0 Å². The van der Waals surface area contributed by atoms with Gasteiger partial charge in [0.25, 0.3) is 5.78 Å². The molecule has 0 saturated heterocycles. The zero-order valence-electron chi connectivity index (χ0n) is 24.2. The molecule has 0 aliphatic carbocycles. The molecule has 0 bridgehead atoms. The first-order valence-electron chi connectivity index (χ1n) is 14.2. The van der Waals surface area contributed by atoms with Crippen molar-refractivity contribution in [3.63, 3.8) is 0 Å². The largest absolute Gasteiger partial charge is 0.359 e. The topological polar surface area (TPSA) is 148 Å². The van der Waals surface area contributed by atoms with Crippen molar-refractivity contribution in [1.29, 1.82) is 0 Å². The Balaban J connectivity index is 1.26. The number of amides is 2. The van der Waals surface area contributed by atoms with Gasteiger partial charge in [-0.3, -0.25) is 9.59 Å². The number of H-pyrrole nitrogens is 1. The summed E-state index contributed by atoms with van der Waals surface area (Å²) in [5.74, 6) is 1.24. The molecule has 218 valence electrons. The van der Waals surface area contributed by atoms with Gasteiger partial charge in [-0.05, 0) is 62.4 Å². The van der Waals surface area contributed by atoms with Gasteiger partial charge in [0.2, 0.25) is 11.8 Å². The van der Waals surface area contributed by atoms with Gasteiger partial charge in [0, 0.05) is 43.7 Å². The Labute approximate surface area is 244 Å². The summed E-state index contributed by atoms with van der Waals surface area (Å²) >= 11 is 0. The van der Waals surface area contributed by atoms with E-state index in [1.807, 2.05) is 50.4 Å². The minimum Gasteiger partial charge on any atom is -0.359 e. The van der Waals surface area contributed by atoms with E-state index < -0.39 is 0 Å². The van der Waals surface area contributed by atoms with Gasteiger partial charge in [-0.25, -0.2) is 19.2 Å². The second-order valence-corrected chi connectivity index (χ2v) is 10.3. The van der Waals surface area contributed by atoms with Gasteiger partial charge < -0.3 is 15.6 Å². The fourth-order valence-electron chi connectivity index (χ4n) is 5.11. The number of fused-ring (bicyclic) bond motifs is 1. The highest BCUT2D eigenvalue weighted by Gasteiger charge is 2.20. The van der Waals surface area contributed by atoms with E-state index in [2.05, 4.69) is 40.8 Å². The maximum Gasteiger partial charge on any atom is 0.252 e. The van der Waals surface area contributed by atoms with Crippen molar-refractivity contribution < 1.29 is 9.59 Å². The van der Waals surface area contributed by atoms with Gasteiger partial charge >= 0.3 is 0 Å². The van der Waals surface area contributed by atoms with Gasteiger partial charge in [0.05, 0.1) is 23.6 Å².